The van der Waals surface area contributed by atoms with Gasteiger partial charge < -0.3 is 0 Å². The fourth-order valence-electron chi connectivity index (χ4n) is 3.19. The van der Waals surface area contributed by atoms with Crippen molar-refractivity contribution in [3.05, 3.63) is 101 Å². The second kappa shape index (κ2) is 7.14. The molecule has 0 nitrogen and oxygen atoms in total. The highest BCUT2D eigenvalue weighted by Crippen LogP contribution is 2.38. The lowest BCUT2D eigenvalue weighted by atomic mass is 9.79. The first-order chi connectivity index (χ1) is 12.0. The van der Waals surface area contributed by atoms with Gasteiger partial charge in [-0.1, -0.05) is 55.5 Å². The van der Waals surface area contributed by atoms with Crippen molar-refractivity contribution < 1.29 is 13.2 Å². The molecule has 2 unspecified atom stereocenters. The van der Waals surface area contributed by atoms with E-state index in [4.69, 9.17) is 0 Å². The molecule has 0 saturated heterocycles. The highest BCUT2D eigenvalue weighted by Gasteiger charge is 2.27. The minimum atomic E-state index is -0.917. The van der Waals surface area contributed by atoms with Crippen LogP contribution in [0.4, 0.5) is 13.2 Å². The number of aryl methyl sites for hydroxylation is 1. The molecule has 3 heteroatoms. The molecular formula is C22H19F3. The van der Waals surface area contributed by atoms with Crippen LogP contribution in [0.1, 0.15) is 29.5 Å². The van der Waals surface area contributed by atoms with Crippen LogP contribution in [0.2, 0.25) is 0 Å². The zero-order valence-corrected chi connectivity index (χ0v) is 14.0. The Morgan fingerprint density at radius 2 is 1.68 bits per heavy atom. The average Bonchev–Trinajstić information content (AvgIpc) is 2.61. The van der Waals surface area contributed by atoms with Crippen LogP contribution in [-0.2, 0) is 6.42 Å². The van der Waals surface area contributed by atoms with Gasteiger partial charge >= 0.3 is 0 Å². The summed E-state index contributed by atoms with van der Waals surface area (Å²) < 4.78 is 41.8. The van der Waals surface area contributed by atoms with Gasteiger partial charge in [-0.25, -0.2) is 13.2 Å². The van der Waals surface area contributed by atoms with Crippen molar-refractivity contribution in [3.8, 4) is 0 Å². The minimum Gasteiger partial charge on any atom is -0.207 e. The van der Waals surface area contributed by atoms with Gasteiger partial charge in [0.25, 0.3) is 0 Å². The van der Waals surface area contributed by atoms with Gasteiger partial charge in [0.05, 0.1) is 0 Å². The van der Waals surface area contributed by atoms with Gasteiger partial charge in [0.2, 0.25) is 0 Å². The minimum absolute atomic E-state index is 0.127. The molecule has 0 saturated carbocycles. The summed E-state index contributed by atoms with van der Waals surface area (Å²) in [6, 6.07) is 9.52. The molecule has 0 bridgehead atoms. The van der Waals surface area contributed by atoms with E-state index >= 15 is 0 Å². The third-order valence-electron chi connectivity index (χ3n) is 4.62. The van der Waals surface area contributed by atoms with E-state index in [-0.39, 0.29) is 11.5 Å². The summed E-state index contributed by atoms with van der Waals surface area (Å²) in [5, 5.41) is 0. The van der Waals surface area contributed by atoms with E-state index in [1.165, 1.54) is 5.56 Å². The topological polar surface area (TPSA) is 0 Å². The lowest BCUT2D eigenvalue weighted by Crippen LogP contribution is -2.14. The van der Waals surface area contributed by atoms with Gasteiger partial charge in [-0.05, 0) is 23.1 Å². The van der Waals surface area contributed by atoms with Crippen molar-refractivity contribution in [1.29, 1.82) is 0 Å². The number of benzene rings is 2. The fourth-order valence-corrected chi connectivity index (χ4v) is 3.19. The summed E-state index contributed by atoms with van der Waals surface area (Å²) in [5.74, 6) is -3.49. The summed E-state index contributed by atoms with van der Waals surface area (Å²) in [5.41, 5.74) is 2.95. The van der Waals surface area contributed by atoms with Crippen molar-refractivity contribution in [2.45, 2.75) is 19.3 Å². The summed E-state index contributed by atoms with van der Waals surface area (Å²) in [6.45, 7) is 5.84. The standard InChI is InChI=1S/C22H19F3/c1-3-14-5-7-16(8-6-14)17-10-9-15(4-2)19(11-17)22-20(24)12-18(23)13-21(22)25/h4-13,15,19H,2-3H2,1H3. The van der Waals surface area contributed by atoms with E-state index in [9.17, 15) is 13.2 Å². The molecule has 25 heavy (non-hydrogen) atoms. The number of hydrogen-bond donors (Lipinski definition) is 0. The van der Waals surface area contributed by atoms with E-state index in [1.807, 2.05) is 42.5 Å². The van der Waals surface area contributed by atoms with E-state index in [0.29, 0.717) is 0 Å². The van der Waals surface area contributed by atoms with E-state index in [1.54, 1.807) is 6.08 Å². The molecule has 0 aliphatic heterocycles. The zero-order valence-electron chi connectivity index (χ0n) is 14.0. The monoisotopic (exact) mass is 340 g/mol. The first-order valence-corrected chi connectivity index (χ1v) is 8.29. The Morgan fingerprint density at radius 3 is 2.24 bits per heavy atom. The molecule has 0 spiro atoms. The molecule has 0 radical (unpaired) electrons. The predicted molar refractivity (Wildman–Crippen MR) is 95.7 cm³/mol. The van der Waals surface area contributed by atoms with Crippen molar-refractivity contribution >= 4 is 5.57 Å². The SMILES string of the molecule is C=CC1C=CC(c2ccc(CC)cc2)=CC1c1c(F)cc(F)cc1F. The Balaban J connectivity index is 2.05. The Hall–Kier alpha value is -2.55. The Morgan fingerprint density at radius 1 is 1.04 bits per heavy atom. The first-order valence-electron chi connectivity index (χ1n) is 8.29. The van der Waals surface area contributed by atoms with E-state index in [0.717, 1.165) is 29.7 Å². The highest BCUT2D eigenvalue weighted by atomic mass is 19.1. The van der Waals surface area contributed by atoms with E-state index in [2.05, 4.69) is 13.5 Å². The molecule has 2 aromatic rings. The Kier molecular flexibility index (Phi) is 4.93. The van der Waals surface area contributed by atoms with Crippen LogP contribution in [0.15, 0.2) is 67.3 Å². The van der Waals surface area contributed by atoms with Crippen molar-refractivity contribution in [2.24, 2.45) is 5.92 Å². The normalized spacial score (nSPS) is 19.6. The van der Waals surface area contributed by atoms with Crippen LogP contribution in [0.5, 0.6) is 0 Å². The molecule has 1 aliphatic carbocycles. The van der Waals surface area contributed by atoms with Gasteiger partial charge in [0.15, 0.2) is 0 Å². The largest absolute Gasteiger partial charge is 0.207 e. The summed E-state index contributed by atoms with van der Waals surface area (Å²) in [6.07, 6.45) is 8.23. The molecule has 1 aliphatic rings. The molecule has 2 aromatic carbocycles. The summed E-state index contributed by atoms with van der Waals surface area (Å²) >= 11 is 0. The molecule has 0 fully saturated rings. The number of rotatable bonds is 4. The van der Waals surface area contributed by atoms with Crippen LogP contribution < -0.4 is 0 Å². The Labute approximate surface area is 146 Å². The summed E-state index contributed by atoms with van der Waals surface area (Å²) in [4.78, 5) is 0. The number of hydrogen-bond acceptors (Lipinski definition) is 0. The quantitative estimate of drug-likeness (QED) is 0.581. The Bertz CT molecular complexity index is 821. The molecule has 2 atom stereocenters. The number of halogens is 3. The maximum atomic E-state index is 14.3. The number of allylic oxidation sites excluding steroid dienone is 5. The van der Waals surface area contributed by atoms with Crippen molar-refractivity contribution in [2.75, 3.05) is 0 Å². The van der Waals surface area contributed by atoms with Crippen molar-refractivity contribution in [1.82, 2.24) is 0 Å². The third kappa shape index (κ3) is 3.46. The maximum Gasteiger partial charge on any atom is 0.132 e. The van der Waals surface area contributed by atoms with Gasteiger partial charge in [-0.15, -0.1) is 6.58 Å². The lowest BCUT2D eigenvalue weighted by molar-refractivity contribution is 0.503. The first kappa shape index (κ1) is 17.3. The smallest absolute Gasteiger partial charge is 0.132 e. The molecule has 0 heterocycles. The molecular weight excluding hydrogens is 321 g/mol. The maximum absolute atomic E-state index is 14.3. The van der Waals surface area contributed by atoms with Gasteiger partial charge in [-0.2, -0.15) is 0 Å². The molecule has 128 valence electrons. The zero-order chi connectivity index (χ0) is 18.0. The van der Waals surface area contributed by atoms with Crippen LogP contribution >= 0.6 is 0 Å². The lowest BCUT2D eigenvalue weighted by Gasteiger charge is -2.25. The second-order valence-corrected chi connectivity index (χ2v) is 6.15. The van der Waals surface area contributed by atoms with Gasteiger partial charge in [0, 0.05) is 29.5 Å². The summed E-state index contributed by atoms with van der Waals surface area (Å²) in [7, 11) is 0. The predicted octanol–water partition coefficient (Wildman–Crippen LogP) is 6.21. The van der Waals surface area contributed by atoms with Crippen LogP contribution in [0.25, 0.3) is 5.57 Å². The van der Waals surface area contributed by atoms with Crippen LogP contribution in [0, 0.1) is 23.4 Å². The second-order valence-electron chi connectivity index (χ2n) is 6.15. The van der Waals surface area contributed by atoms with Crippen LogP contribution in [-0.4, -0.2) is 0 Å². The fraction of sp³-hybridized carbons (Fsp3) is 0.182. The molecule has 3 rings (SSSR count). The highest BCUT2D eigenvalue weighted by molar-refractivity contribution is 5.76. The van der Waals surface area contributed by atoms with E-state index < -0.39 is 23.4 Å². The third-order valence-corrected chi connectivity index (χ3v) is 4.62. The molecule has 0 amide bonds. The van der Waals surface area contributed by atoms with Gasteiger partial charge in [-0.3, -0.25) is 0 Å². The van der Waals surface area contributed by atoms with Crippen LogP contribution in [0.3, 0.4) is 0 Å². The molecule has 0 aromatic heterocycles. The van der Waals surface area contributed by atoms with Gasteiger partial charge in [0.1, 0.15) is 17.5 Å². The average molecular weight is 340 g/mol. The molecule has 0 N–H and O–H groups in total. The van der Waals surface area contributed by atoms with Crippen molar-refractivity contribution in [3.63, 3.8) is 0 Å².